The largest absolute Gasteiger partial charge is 0.530 e. The fraction of sp³-hybridized carbons (Fsp3) is 0.417. The van der Waals surface area contributed by atoms with Crippen LogP contribution in [0.15, 0.2) is 23.4 Å². The Balaban J connectivity index is 3.03. The maximum atomic E-state index is 12.3. The van der Waals surface area contributed by atoms with Gasteiger partial charge in [0.15, 0.2) is 11.5 Å². The normalized spacial score (nSPS) is 11.8. The number of hydrogen-bond donors (Lipinski definition) is 1. The summed E-state index contributed by atoms with van der Waals surface area (Å²) in [7, 11) is -2.24. The summed E-state index contributed by atoms with van der Waals surface area (Å²) >= 11 is 0. The molecule has 0 aliphatic heterocycles. The van der Waals surface area contributed by atoms with Gasteiger partial charge in [0.05, 0.1) is 26.5 Å². The molecule has 8 heteroatoms. The number of phosphoric acid groups is 1. The lowest BCUT2D eigenvalue weighted by atomic mass is 10.2. The Kier molecular flexibility index (Phi) is 6.51. The molecule has 0 aliphatic rings. The van der Waals surface area contributed by atoms with Crippen molar-refractivity contribution in [3.8, 4) is 11.5 Å². The molecule has 0 bridgehead atoms. The standard InChI is InChI=1S/C12H18NO6P/c1-4-17-20(15,18-5-2)19-11-7-6-10(9-13-14)8-12(11)16-3/h6-9,14H,4-5H2,1-3H3. The van der Waals surface area contributed by atoms with Gasteiger partial charge in [0.25, 0.3) is 0 Å². The lowest BCUT2D eigenvalue weighted by Crippen LogP contribution is -2.03. The van der Waals surface area contributed by atoms with Crippen LogP contribution in [0.5, 0.6) is 11.5 Å². The highest BCUT2D eigenvalue weighted by Crippen LogP contribution is 2.51. The zero-order chi connectivity index (χ0) is 15.0. The van der Waals surface area contributed by atoms with Crippen LogP contribution in [0.3, 0.4) is 0 Å². The fourth-order valence-electron chi connectivity index (χ4n) is 1.43. The van der Waals surface area contributed by atoms with Crippen molar-refractivity contribution in [1.82, 2.24) is 0 Å². The summed E-state index contributed by atoms with van der Waals surface area (Å²) in [5, 5.41) is 11.4. The highest BCUT2D eigenvalue weighted by atomic mass is 31.2. The number of methoxy groups -OCH3 is 1. The molecule has 1 N–H and O–H groups in total. The van der Waals surface area contributed by atoms with Crippen molar-refractivity contribution in [2.45, 2.75) is 13.8 Å². The van der Waals surface area contributed by atoms with E-state index in [0.717, 1.165) is 0 Å². The van der Waals surface area contributed by atoms with E-state index in [1.54, 1.807) is 26.0 Å². The number of rotatable bonds is 8. The lowest BCUT2D eigenvalue weighted by Gasteiger charge is -2.18. The Morgan fingerprint density at radius 2 is 1.90 bits per heavy atom. The molecule has 112 valence electrons. The maximum Gasteiger partial charge on any atom is 0.530 e. The quantitative estimate of drug-likeness (QED) is 0.344. The van der Waals surface area contributed by atoms with Gasteiger partial charge in [-0.3, -0.25) is 9.05 Å². The third-order valence-corrected chi connectivity index (χ3v) is 3.75. The van der Waals surface area contributed by atoms with Crippen molar-refractivity contribution in [3.63, 3.8) is 0 Å². The zero-order valence-corrected chi connectivity index (χ0v) is 12.5. The summed E-state index contributed by atoms with van der Waals surface area (Å²) in [5.41, 5.74) is 0.597. The molecule has 0 aliphatic carbocycles. The third-order valence-electron chi connectivity index (χ3n) is 2.18. The fourth-order valence-corrected chi connectivity index (χ4v) is 2.64. The molecule has 0 saturated carbocycles. The molecule has 1 rings (SSSR count). The van der Waals surface area contributed by atoms with E-state index in [2.05, 4.69) is 5.16 Å². The molecule has 0 saturated heterocycles. The van der Waals surface area contributed by atoms with Gasteiger partial charge in [-0.1, -0.05) is 5.16 Å². The first kappa shape index (κ1) is 16.5. The minimum absolute atomic E-state index is 0.189. The van der Waals surface area contributed by atoms with E-state index in [1.807, 2.05) is 0 Å². The Labute approximate surface area is 117 Å². The van der Waals surface area contributed by atoms with Gasteiger partial charge in [-0.05, 0) is 32.0 Å². The van der Waals surface area contributed by atoms with Gasteiger partial charge in [0.1, 0.15) is 0 Å². The van der Waals surface area contributed by atoms with E-state index >= 15 is 0 Å². The van der Waals surface area contributed by atoms with E-state index in [4.69, 9.17) is 23.5 Å². The van der Waals surface area contributed by atoms with Crippen molar-refractivity contribution in [2.75, 3.05) is 20.3 Å². The minimum Gasteiger partial charge on any atom is -0.493 e. The number of phosphoric ester groups is 1. The van der Waals surface area contributed by atoms with Crippen LogP contribution in [0.25, 0.3) is 0 Å². The molecule has 0 fully saturated rings. The Bertz CT molecular complexity index is 495. The molecule has 20 heavy (non-hydrogen) atoms. The van der Waals surface area contributed by atoms with Crippen LogP contribution in [0, 0.1) is 0 Å². The number of oxime groups is 1. The van der Waals surface area contributed by atoms with E-state index in [0.29, 0.717) is 11.3 Å². The number of nitrogens with zero attached hydrogens (tertiary/aromatic N) is 1. The summed E-state index contributed by atoms with van der Waals surface area (Å²) in [6, 6.07) is 4.71. The Morgan fingerprint density at radius 3 is 2.40 bits per heavy atom. The summed E-state index contributed by atoms with van der Waals surface area (Å²) < 4.78 is 32.8. The van der Waals surface area contributed by atoms with Crippen LogP contribution >= 0.6 is 7.82 Å². The van der Waals surface area contributed by atoms with Crippen molar-refractivity contribution in [3.05, 3.63) is 23.8 Å². The first-order chi connectivity index (χ1) is 9.58. The van der Waals surface area contributed by atoms with E-state index in [1.165, 1.54) is 19.4 Å². The second kappa shape index (κ2) is 7.89. The van der Waals surface area contributed by atoms with Crippen molar-refractivity contribution in [1.29, 1.82) is 0 Å². The summed E-state index contributed by atoms with van der Waals surface area (Å²) in [6.07, 6.45) is 1.23. The molecule has 0 atom stereocenters. The SMILES string of the molecule is CCOP(=O)(OCC)Oc1ccc(C=NO)cc1OC. The molecule has 0 heterocycles. The van der Waals surface area contributed by atoms with E-state index < -0.39 is 7.82 Å². The Morgan fingerprint density at radius 1 is 1.25 bits per heavy atom. The van der Waals surface area contributed by atoms with Crippen molar-refractivity contribution >= 4 is 14.0 Å². The predicted octanol–water partition coefficient (Wildman–Crippen LogP) is 3.06. The summed E-state index contributed by atoms with van der Waals surface area (Å²) in [5.74, 6) is 0.537. The van der Waals surface area contributed by atoms with Crippen LogP contribution in [-0.2, 0) is 13.6 Å². The molecule has 7 nitrogen and oxygen atoms in total. The predicted molar refractivity (Wildman–Crippen MR) is 73.9 cm³/mol. The van der Waals surface area contributed by atoms with Gasteiger partial charge >= 0.3 is 7.82 Å². The second-order valence-corrected chi connectivity index (χ2v) is 5.12. The monoisotopic (exact) mass is 303 g/mol. The maximum absolute atomic E-state index is 12.3. The first-order valence-electron chi connectivity index (χ1n) is 6.02. The van der Waals surface area contributed by atoms with Gasteiger partial charge in [0.2, 0.25) is 0 Å². The van der Waals surface area contributed by atoms with Crippen LogP contribution < -0.4 is 9.26 Å². The smallest absolute Gasteiger partial charge is 0.493 e. The van der Waals surface area contributed by atoms with Crippen molar-refractivity contribution < 1.29 is 28.1 Å². The van der Waals surface area contributed by atoms with Gasteiger partial charge in [-0.15, -0.1) is 0 Å². The van der Waals surface area contributed by atoms with E-state index in [-0.39, 0.29) is 19.0 Å². The van der Waals surface area contributed by atoms with Gasteiger partial charge in [-0.2, -0.15) is 0 Å². The highest BCUT2D eigenvalue weighted by Gasteiger charge is 2.28. The number of benzene rings is 1. The third kappa shape index (κ3) is 4.52. The number of hydrogen-bond acceptors (Lipinski definition) is 7. The van der Waals surface area contributed by atoms with Crippen LogP contribution in [0.1, 0.15) is 19.4 Å². The van der Waals surface area contributed by atoms with Crippen LogP contribution in [0.4, 0.5) is 0 Å². The molecule has 1 aromatic rings. The molecule has 0 aromatic heterocycles. The topological polar surface area (TPSA) is 86.6 Å². The van der Waals surface area contributed by atoms with Crippen LogP contribution in [-0.4, -0.2) is 31.7 Å². The average Bonchev–Trinajstić information content (AvgIpc) is 2.41. The minimum atomic E-state index is -3.67. The molecular weight excluding hydrogens is 285 g/mol. The molecule has 0 unspecified atom stereocenters. The summed E-state index contributed by atoms with van der Waals surface area (Å²) in [6.45, 7) is 3.75. The Hall–Kier alpha value is -1.56. The zero-order valence-electron chi connectivity index (χ0n) is 11.6. The molecular formula is C12H18NO6P. The molecule has 0 amide bonds. The van der Waals surface area contributed by atoms with E-state index in [9.17, 15) is 4.57 Å². The number of ether oxygens (including phenoxy) is 1. The van der Waals surface area contributed by atoms with Crippen molar-refractivity contribution in [2.24, 2.45) is 5.16 Å². The second-order valence-electron chi connectivity index (χ2n) is 3.53. The highest BCUT2D eigenvalue weighted by molar-refractivity contribution is 7.48. The lowest BCUT2D eigenvalue weighted by molar-refractivity contribution is 0.166. The first-order valence-corrected chi connectivity index (χ1v) is 7.48. The van der Waals surface area contributed by atoms with Gasteiger partial charge in [0, 0.05) is 5.56 Å². The molecule has 0 spiro atoms. The molecule has 0 radical (unpaired) electrons. The van der Waals surface area contributed by atoms with Gasteiger partial charge < -0.3 is 14.5 Å². The van der Waals surface area contributed by atoms with Gasteiger partial charge in [-0.25, -0.2) is 4.57 Å². The average molecular weight is 303 g/mol. The van der Waals surface area contributed by atoms with Crippen LogP contribution in [0.2, 0.25) is 0 Å². The summed E-state index contributed by atoms with van der Waals surface area (Å²) in [4.78, 5) is 0. The molecule has 1 aromatic carbocycles.